The number of amides is 2. The van der Waals surface area contributed by atoms with Crippen LogP contribution in [-0.4, -0.2) is 58.3 Å². The second-order valence-electron chi connectivity index (χ2n) is 4.91. The number of benzene rings is 1. The number of hydrogen-bond acceptors (Lipinski definition) is 4. The first kappa shape index (κ1) is 15.5. The van der Waals surface area contributed by atoms with Gasteiger partial charge in [0, 0.05) is 24.5 Å². The minimum atomic E-state index is -1.08. The van der Waals surface area contributed by atoms with Crippen molar-refractivity contribution in [2.75, 3.05) is 30.0 Å². The molecule has 1 aliphatic heterocycles. The molecule has 1 aliphatic rings. The van der Waals surface area contributed by atoms with E-state index in [0.29, 0.717) is 5.69 Å². The molecule has 1 fully saturated rings. The maximum Gasteiger partial charge on any atom is 0.325 e. The molecule has 0 spiro atoms. The number of thioether (sulfide) groups is 1. The average Bonchev–Trinajstić information content (AvgIpc) is 2.98. The molecule has 1 atom stereocenters. The largest absolute Gasteiger partial charge is 0.508 e. The zero-order chi connectivity index (χ0) is 15.4. The summed E-state index contributed by atoms with van der Waals surface area (Å²) < 4.78 is 0. The Morgan fingerprint density at radius 1 is 1.33 bits per heavy atom. The Morgan fingerprint density at radius 2 is 2.00 bits per heavy atom. The molecule has 21 heavy (non-hydrogen) atoms. The summed E-state index contributed by atoms with van der Waals surface area (Å²) >= 11 is 1.79. The van der Waals surface area contributed by atoms with E-state index < -0.39 is 12.5 Å². The van der Waals surface area contributed by atoms with Crippen molar-refractivity contribution in [2.45, 2.75) is 12.5 Å². The fourth-order valence-corrected chi connectivity index (χ4v) is 3.48. The van der Waals surface area contributed by atoms with Crippen LogP contribution in [0.5, 0.6) is 5.75 Å². The van der Waals surface area contributed by atoms with Crippen LogP contribution in [0.25, 0.3) is 0 Å². The van der Waals surface area contributed by atoms with E-state index in [1.807, 2.05) is 0 Å². The van der Waals surface area contributed by atoms with Crippen molar-refractivity contribution in [3.63, 3.8) is 0 Å². The molecule has 1 aromatic carbocycles. The van der Waals surface area contributed by atoms with Crippen molar-refractivity contribution >= 4 is 29.4 Å². The molecule has 0 aliphatic carbocycles. The first-order valence-electron chi connectivity index (χ1n) is 6.62. The van der Waals surface area contributed by atoms with Crippen LogP contribution < -0.4 is 4.90 Å². The first-order chi connectivity index (χ1) is 9.99. The Hall–Kier alpha value is -1.89. The molecule has 0 aromatic heterocycles. The number of phenolic OH excluding ortho intramolecular Hbond substituents is 1. The minimum absolute atomic E-state index is 0.0713. The highest BCUT2D eigenvalue weighted by Crippen LogP contribution is 2.24. The molecule has 6 nitrogen and oxygen atoms in total. The third kappa shape index (κ3) is 3.81. The molecular formula is C14H18N2O4S. The number of carboxylic acid groups (broad SMARTS) is 1. The molecular weight excluding hydrogens is 292 g/mol. The molecule has 114 valence electrons. The van der Waals surface area contributed by atoms with Gasteiger partial charge in [-0.05, 0) is 36.4 Å². The van der Waals surface area contributed by atoms with Crippen LogP contribution in [0.15, 0.2) is 24.3 Å². The quantitative estimate of drug-likeness (QED) is 0.887. The number of phenols is 1. The van der Waals surface area contributed by atoms with E-state index >= 15 is 0 Å². The number of nitrogens with zero attached hydrogens (tertiary/aromatic N) is 2. The first-order valence-corrected chi connectivity index (χ1v) is 7.77. The van der Waals surface area contributed by atoms with Gasteiger partial charge in [0.05, 0.1) is 0 Å². The smallest absolute Gasteiger partial charge is 0.325 e. The van der Waals surface area contributed by atoms with E-state index in [2.05, 4.69) is 0 Å². The monoisotopic (exact) mass is 310 g/mol. The number of carboxylic acids is 1. The van der Waals surface area contributed by atoms with Gasteiger partial charge in [0.25, 0.3) is 0 Å². The molecule has 2 rings (SSSR count). The molecule has 1 heterocycles. The van der Waals surface area contributed by atoms with Gasteiger partial charge in [-0.2, -0.15) is 11.8 Å². The fourth-order valence-electron chi connectivity index (χ4n) is 2.21. The van der Waals surface area contributed by atoms with Gasteiger partial charge >= 0.3 is 12.0 Å². The summed E-state index contributed by atoms with van der Waals surface area (Å²) in [6.07, 6.45) is 0.920. The summed E-state index contributed by atoms with van der Waals surface area (Å²) in [6, 6.07) is 5.73. The van der Waals surface area contributed by atoms with Crippen LogP contribution >= 0.6 is 11.8 Å². The Balaban J connectivity index is 2.20. The second-order valence-corrected chi connectivity index (χ2v) is 6.06. The number of hydrogen-bond donors (Lipinski definition) is 2. The third-order valence-electron chi connectivity index (χ3n) is 3.44. The van der Waals surface area contributed by atoms with E-state index in [4.69, 9.17) is 5.11 Å². The van der Waals surface area contributed by atoms with Gasteiger partial charge in [0.2, 0.25) is 0 Å². The Kier molecular flexibility index (Phi) is 4.95. The van der Waals surface area contributed by atoms with Crippen LogP contribution in [-0.2, 0) is 4.79 Å². The molecule has 0 radical (unpaired) electrons. The van der Waals surface area contributed by atoms with Gasteiger partial charge in [-0.3, -0.25) is 9.69 Å². The van der Waals surface area contributed by atoms with Crippen LogP contribution in [0, 0.1) is 0 Å². The van der Waals surface area contributed by atoms with Gasteiger partial charge in [-0.25, -0.2) is 4.79 Å². The zero-order valence-electron chi connectivity index (χ0n) is 11.7. The van der Waals surface area contributed by atoms with Gasteiger partial charge in [0.1, 0.15) is 12.3 Å². The second kappa shape index (κ2) is 6.71. The molecule has 2 N–H and O–H groups in total. The van der Waals surface area contributed by atoms with Crippen molar-refractivity contribution < 1.29 is 19.8 Å². The van der Waals surface area contributed by atoms with Crippen molar-refractivity contribution in [2.24, 2.45) is 0 Å². The zero-order valence-corrected chi connectivity index (χ0v) is 12.5. The average molecular weight is 310 g/mol. The molecule has 1 unspecified atom stereocenters. The van der Waals surface area contributed by atoms with Gasteiger partial charge in [-0.15, -0.1) is 0 Å². The lowest BCUT2D eigenvalue weighted by Crippen LogP contribution is -2.48. The number of aliphatic carboxylic acids is 1. The van der Waals surface area contributed by atoms with Crippen molar-refractivity contribution in [1.82, 2.24) is 4.90 Å². The number of aromatic hydroxyl groups is 1. The highest BCUT2D eigenvalue weighted by atomic mass is 32.2. The molecule has 1 aromatic rings. The Morgan fingerprint density at radius 3 is 2.52 bits per heavy atom. The SMILES string of the molecule is CN(C(=O)N(CC(=O)O)c1ccc(O)cc1)C1CCSC1. The van der Waals surface area contributed by atoms with Crippen molar-refractivity contribution in [3.05, 3.63) is 24.3 Å². The molecule has 2 amide bonds. The molecule has 0 bridgehead atoms. The summed E-state index contributed by atoms with van der Waals surface area (Å²) in [6.45, 7) is -0.409. The maximum atomic E-state index is 12.6. The van der Waals surface area contributed by atoms with E-state index in [1.165, 1.54) is 29.2 Å². The lowest BCUT2D eigenvalue weighted by atomic mass is 10.2. The number of urea groups is 1. The van der Waals surface area contributed by atoms with E-state index in [-0.39, 0.29) is 17.8 Å². The van der Waals surface area contributed by atoms with Crippen LogP contribution in [0.4, 0.5) is 10.5 Å². The highest BCUT2D eigenvalue weighted by molar-refractivity contribution is 7.99. The van der Waals surface area contributed by atoms with Crippen LogP contribution in [0.1, 0.15) is 6.42 Å². The topological polar surface area (TPSA) is 81.1 Å². The van der Waals surface area contributed by atoms with Crippen LogP contribution in [0.3, 0.4) is 0 Å². The summed E-state index contributed by atoms with van der Waals surface area (Å²) in [7, 11) is 1.70. The van der Waals surface area contributed by atoms with Crippen molar-refractivity contribution in [3.8, 4) is 5.75 Å². The minimum Gasteiger partial charge on any atom is -0.508 e. The Bertz CT molecular complexity index is 514. The lowest BCUT2D eigenvalue weighted by Gasteiger charge is -2.30. The summed E-state index contributed by atoms with van der Waals surface area (Å²) in [4.78, 5) is 26.4. The number of anilines is 1. The normalized spacial score (nSPS) is 17.5. The van der Waals surface area contributed by atoms with Gasteiger partial charge in [-0.1, -0.05) is 0 Å². The third-order valence-corrected chi connectivity index (χ3v) is 4.59. The van der Waals surface area contributed by atoms with Gasteiger partial charge < -0.3 is 15.1 Å². The Labute approximate surface area is 127 Å². The summed E-state index contributed by atoms with van der Waals surface area (Å²) in [5.74, 6) is 0.881. The lowest BCUT2D eigenvalue weighted by molar-refractivity contribution is -0.135. The molecule has 7 heteroatoms. The van der Waals surface area contributed by atoms with E-state index in [1.54, 1.807) is 23.7 Å². The number of carbonyl (C=O) groups excluding carboxylic acids is 1. The fraction of sp³-hybridized carbons (Fsp3) is 0.429. The number of rotatable bonds is 4. The molecule has 1 saturated heterocycles. The van der Waals surface area contributed by atoms with Gasteiger partial charge in [0.15, 0.2) is 0 Å². The predicted octanol–water partition coefficient (Wildman–Crippen LogP) is 1.84. The summed E-state index contributed by atoms with van der Waals surface area (Å²) in [5.41, 5.74) is 0.456. The number of carbonyl (C=O) groups is 2. The maximum absolute atomic E-state index is 12.6. The van der Waals surface area contributed by atoms with E-state index in [9.17, 15) is 14.7 Å². The molecule has 0 saturated carbocycles. The highest BCUT2D eigenvalue weighted by Gasteiger charge is 2.29. The summed E-state index contributed by atoms with van der Waals surface area (Å²) in [5, 5.41) is 18.3. The van der Waals surface area contributed by atoms with Crippen LogP contribution in [0.2, 0.25) is 0 Å². The predicted molar refractivity (Wildman–Crippen MR) is 82.0 cm³/mol. The standard InChI is InChI=1S/C14H18N2O4S/c1-15(11-6-7-21-9-11)14(20)16(8-13(18)19)10-2-4-12(17)5-3-10/h2-5,11,17H,6-9H2,1H3,(H,18,19). The van der Waals surface area contributed by atoms with E-state index in [0.717, 1.165) is 17.9 Å². The van der Waals surface area contributed by atoms with Crippen molar-refractivity contribution in [1.29, 1.82) is 0 Å².